The maximum atomic E-state index is 12.2. The van der Waals surface area contributed by atoms with Gasteiger partial charge in [-0.1, -0.05) is 0 Å². The number of ketones is 1. The number of Topliss-reactive ketones (excluding diaryl/α,β-unsaturated/α-hetero) is 1. The monoisotopic (exact) mass is 462 g/mol. The van der Waals surface area contributed by atoms with Gasteiger partial charge in [0.05, 0.1) is 19.0 Å². The van der Waals surface area contributed by atoms with Crippen LogP contribution in [0.1, 0.15) is 12.8 Å². The van der Waals surface area contributed by atoms with Crippen LogP contribution in [0.3, 0.4) is 0 Å². The minimum Gasteiger partial charge on any atom is -0.480 e. The van der Waals surface area contributed by atoms with Gasteiger partial charge < -0.3 is 36.2 Å². The number of amides is 3. The van der Waals surface area contributed by atoms with Crippen LogP contribution in [-0.4, -0.2) is 107 Å². The Morgan fingerprint density at radius 3 is 2.32 bits per heavy atom. The van der Waals surface area contributed by atoms with E-state index in [0.717, 1.165) is 11.8 Å². The molecule has 1 fully saturated rings. The van der Waals surface area contributed by atoms with E-state index in [4.69, 9.17) is 20.7 Å². The molecule has 0 spiro atoms. The van der Waals surface area contributed by atoms with Crippen LogP contribution in [0.2, 0.25) is 0 Å². The second-order valence-electron chi connectivity index (χ2n) is 6.56. The first-order valence-electron chi connectivity index (χ1n) is 9.36. The number of carboxylic acid groups (broad SMARTS) is 2. The van der Waals surface area contributed by atoms with E-state index in [1.165, 1.54) is 4.90 Å². The molecule has 1 heterocycles. The number of carboxylic acids is 2. The summed E-state index contributed by atoms with van der Waals surface area (Å²) in [5, 5.41) is 21.9. The Labute approximate surface area is 182 Å². The van der Waals surface area contributed by atoms with E-state index in [9.17, 15) is 28.8 Å². The first-order valence-corrected chi connectivity index (χ1v) is 10.5. The van der Waals surface area contributed by atoms with Crippen molar-refractivity contribution in [2.75, 3.05) is 44.4 Å². The fourth-order valence-electron chi connectivity index (χ4n) is 2.42. The fourth-order valence-corrected chi connectivity index (χ4v) is 3.32. The van der Waals surface area contributed by atoms with Crippen LogP contribution < -0.4 is 16.4 Å². The van der Waals surface area contributed by atoms with Gasteiger partial charge >= 0.3 is 11.9 Å². The zero-order chi connectivity index (χ0) is 23.4. The Kier molecular flexibility index (Phi) is 11.5. The topological polar surface area (TPSA) is 205 Å². The Bertz CT molecular complexity index is 697. The van der Waals surface area contributed by atoms with Crippen molar-refractivity contribution in [2.24, 2.45) is 5.73 Å². The molecule has 1 aliphatic rings. The molecule has 1 aliphatic heterocycles. The van der Waals surface area contributed by atoms with Crippen molar-refractivity contribution < 1.29 is 43.7 Å². The Morgan fingerprint density at radius 2 is 1.74 bits per heavy atom. The molecule has 174 valence electrons. The van der Waals surface area contributed by atoms with Crippen molar-refractivity contribution in [3.8, 4) is 0 Å². The second-order valence-corrected chi connectivity index (χ2v) is 7.59. The Hall–Kier alpha value is -2.71. The number of carbonyl (C=O) groups is 6. The number of nitrogens with two attached hydrogens (primary N) is 1. The molecule has 6 N–H and O–H groups in total. The summed E-state index contributed by atoms with van der Waals surface area (Å²) in [5.41, 5.74) is 5.33. The molecule has 2 atom stereocenters. The van der Waals surface area contributed by atoms with Crippen LogP contribution in [-0.2, 0) is 33.5 Å². The molecule has 1 saturated heterocycles. The van der Waals surface area contributed by atoms with Gasteiger partial charge in [-0.25, -0.2) is 0 Å². The Morgan fingerprint density at radius 1 is 1.10 bits per heavy atom. The largest absolute Gasteiger partial charge is 0.480 e. The van der Waals surface area contributed by atoms with Crippen molar-refractivity contribution in [1.82, 2.24) is 15.5 Å². The highest BCUT2D eigenvalue weighted by Crippen LogP contribution is 2.07. The van der Waals surface area contributed by atoms with E-state index in [1.807, 2.05) is 0 Å². The van der Waals surface area contributed by atoms with Gasteiger partial charge in [-0.3, -0.25) is 28.8 Å². The summed E-state index contributed by atoms with van der Waals surface area (Å²) in [7, 11) is 0. The van der Waals surface area contributed by atoms with Crippen molar-refractivity contribution in [3.05, 3.63) is 0 Å². The van der Waals surface area contributed by atoms with Gasteiger partial charge in [-0.15, -0.1) is 0 Å². The predicted molar refractivity (Wildman–Crippen MR) is 107 cm³/mol. The lowest BCUT2D eigenvalue weighted by molar-refractivity contribution is -0.146. The molecule has 0 aromatic heterocycles. The van der Waals surface area contributed by atoms with Crippen LogP contribution in [0.4, 0.5) is 0 Å². The van der Waals surface area contributed by atoms with Crippen molar-refractivity contribution in [2.45, 2.75) is 24.9 Å². The average Bonchev–Trinajstić information content (AvgIpc) is 2.74. The van der Waals surface area contributed by atoms with Crippen LogP contribution in [0.25, 0.3) is 0 Å². The molecule has 0 saturated carbocycles. The van der Waals surface area contributed by atoms with E-state index in [2.05, 4.69) is 10.6 Å². The van der Waals surface area contributed by atoms with Crippen LogP contribution in [0.5, 0.6) is 0 Å². The van der Waals surface area contributed by atoms with Gasteiger partial charge in [0.2, 0.25) is 17.6 Å². The summed E-state index contributed by atoms with van der Waals surface area (Å²) >= 11 is 0.926. The predicted octanol–water partition coefficient (Wildman–Crippen LogP) is -2.97. The maximum Gasteiger partial charge on any atom is 0.322 e. The molecule has 0 aliphatic carbocycles. The first kappa shape index (κ1) is 26.3. The van der Waals surface area contributed by atoms with Crippen molar-refractivity contribution in [1.29, 1.82) is 0 Å². The molecule has 2 unspecified atom stereocenters. The summed E-state index contributed by atoms with van der Waals surface area (Å²) in [6.07, 6.45) is -0.431. The molecule has 3 amide bonds. The van der Waals surface area contributed by atoms with E-state index < -0.39 is 54.1 Å². The summed E-state index contributed by atoms with van der Waals surface area (Å²) < 4.78 is 5.12. The van der Waals surface area contributed by atoms with Crippen LogP contribution >= 0.6 is 11.8 Å². The maximum absolute atomic E-state index is 12.2. The van der Waals surface area contributed by atoms with E-state index >= 15 is 0 Å². The van der Waals surface area contributed by atoms with Gasteiger partial charge in [0.15, 0.2) is 0 Å². The fraction of sp³-hybridized carbons (Fsp3) is 0.647. The quantitative estimate of drug-likeness (QED) is 0.175. The standard InChI is InChI=1S/C17H26N4O9S/c18-10(17(28)29)1-2-13(23)20-11(15(26)19-7-14(24)25)8-31-9-12(22)16(27)21-3-5-30-6-4-21/h10-11H,1-9,18H2,(H,19,26)(H,20,23)(H,24,25)(H,28,29). The lowest BCUT2D eigenvalue weighted by atomic mass is 10.1. The number of ether oxygens (including phenoxy) is 1. The Balaban J connectivity index is 2.58. The zero-order valence-corrected chi connectivity index (χ0v) is 17.5. The van der Waals surface area contributed by atoms with E-state index in [-0.39, 0.29) is 24.3 Å². The summed E-state index contributed by atoms with van der Waals surface area (Å²) in [6, 6.07) is -2.44. The summed E-state index contributed by atoms with van der Waals surface area (Å²) in [6.45, 7) is 0.632. The highest BCUT2D eigenvalue weighted by molar-refractivity contribution is 8.00. The van der Waals surface area contributed by atoms with Crippen LogP contribution in [0.15, 0.2) is 0 Å². The number of nitrogens with one attached hydrogen (secondary N) is 2. The summed E-state index contributed by atoms with van der Waals surface area (Å²) in [4.78, 5) is 71.1. The number of morpholine rings is 1. The van der Waals surface area contributed by atoms with Crippen molar-refractivity contribution in [3.63, 3.8) is 0 Å². The number of aliphatic carboxylic acids is 2. The second kappa shape index (κ2) is 13.6. The number of carbonyl (C=O) groups excluding carboxylic acids is 4. The molecule has 0 bridgehead atoms. The summed E-state index contributed by atoms with van der Waals surface area (Å²) in [5.74, 6) is -5.69. The van der Waals surface area contributed by atoms with Crippen LogP contribution in [0, 0.1) is 0 Å². The average molecular weight is 462 g/mol. The van der Waals surface area contributed by atoms with Gasteiger partial charge in [-0.05, 0) is 6.42 Å². The third-order valence-electron chi connectivity index (χ3n) is 4.12. The number of thioether (sulfide) groups is 1. The minimum absolute atomic E-state index is 0.107. The highest BCUT2D eigenvalue weighted by atomic mass is 32.2. The normalized spacial score (nSPS) is 15.5. The third kappa shape index (κ3) is 10.2. The molecule has 1 rings (SSSR count). The van der Waals surface area contributed by atoms with E-state index in [0.29, 0.717) is 26.3 Å². The first-order chi connectivity index (χ1) is 14.6. The molecule has 31 heavy (non-hydrogen) atoms. The number of hydrogen-bond donors (Lipinski definition) is 5. The molecular weight excluding hydrogens is 436 g/mol. The smallest absolute Gasteiger partial charge is 0.322 e. The molecular formula is C17H26N4O9S. The van der Waals surface area contributed by atoms with Gasteiger partial charge in [0.1, 0.15) is 18.6 Å². The molecule has 0 aromatic rings. The zero-order valence-electron chi connectivity index (χ0n) is 16.7. The SMILES string of the molecule is NC(CCC(=O)NC(CSCC(=O)C(=O)N1CCOCC1)C(=O)NCC(=O)O)C(=O)O. The number of nitrogens with zero attached hydrogens (tertiary/aromatic N) is 1. The molecule has 0 aromatic carbocycles. The van der Waals surface area contributed by atoms with Gasteiger partial charge in [-0.2, -0.15) is 11.8 Å². The third-order valence-corrected chi connectivity index (χ3v) is 5.16. The highest BCUT2D eigenvalue weighted by Gasteiger charge is 2.26. The van der Waals surface area contributed by atoms with Gasteiger partial charge in [0, 0.05) is 25.3 Å². The van der Waals surface area contributed by atoms with E-state index in [1.54, 1.807) is 0 Å². The van der Waals surface area contributed by atoms with Crippen molar-refractivity contribution >= 4 is 47.2 Å². The van der Waals surface area contributed by atoms with Gasteiger partial charge in [0.25, 0.3) is 5.91 Å². The molecule has 13 nitrogen and oxygen atoms in total. The number of hydrogen-bond acceptors (Lipinski definition) is 9. The number of rotatable bonds is 13. The lowest BCUT2D eigenvalue weighted by Crippen LogP contribution is -2.49. The molecule has 14 heteroatoms. The minimum atomic E-state index is -1.29. The molecule has 0 radical (unpaired) electrons. The lowest BCUT2D eigenvalue weighted by Gasteiger charge is -2.26.